The van der Waals surface area contributed by atoms with E-state index in [9.17, 15) is 8.78 Å². The summed E-state index contributed by atoms with van der Waals surface area (Å²) in [6.07, 6.45) is 15.5. The molecule has 0 radical (unpaired) electrons. The van der Waals surface area contributed by atoms with Crippen LogP contribution in [0.2, 0.25) is 0 Å². The fourth-order valence-corrected chi connectivity index (χ4v) is 5.91. The molecule has 0 atom stereocenters. The van der Waals surface area contributed by atoms with Gasteiger partial charge in [0.15, 0.2) is 11.6 Å². The van der Waals surface area contributed by atoms with Crippen molar-refractivity contribution in [2.24, 2.45) is 17.8 Å². The summed E-state index contributed by atoms with van der Waals surface area (Å²) in [7, 11) is 0. The van der Waals surface area contributed by atoms with E-state index in [2.05, 4.69) is 13.0 Å². The SMILES string of the molecule is CC=CCOc1cc2ccc(C3CCC(C4CCC(CC)CC4)CC3)cc2c(F)c1F. The van der Waals surface area contributed by atoms with Crippen LogP contribution >= 0.6 is 0 Å². The second-order valence-corrected chi connectivity index (χ2v) is 9.66. The van der Waals surface area contributed by atoms with Crippen molar-refractivity contribution in [3.8, 4) is 5.75 Å². The van der Waals surface area contributed by atoms with Crippen LogP contribution in [-0.4, -0.2) is 6.61 Å². The Labute approximate surface area is 185 Å². The highest BCUT2D eigenvalue weighted by molar-refractivity contribution is 5.85. The number of fused-ring (bicyclic) bond motifs is 1. The molecule has 0 amide bonds. The average Bonchev–Trinajstić information content (AvgIpc) is 2.82. The minimum atomic E-state index is -0.888. The summed E-state index contributed by atoms with van der Waals surface area (Å²) in [5.41, 5.74) is 1.15. The largest absolute Gasteiger partial charge is 0.486 e. The van der Waals surface area contributed by atoms with Crippen LogP contribution in [0.15, 0.2) is 36.4 Å². The Morgan fingerprint density at radius 1 is 0.903 bits per heavy atom. The molecule has 2 aliphatic carbocycles. The maximum Gasteiger partial charge on any atom is 0.201 e. The second kappa shape index (κ2) is 10.1. The molecule has 2 aromatic rings. The van der Waals surface area contributed by atoms with Gasteiger partial charge in [0.05, 0.1) is 0 Å². The zero-order chi connectivity index (χ0) is 21.8. The van der Waals surface area contributed by atoms with Gasteiger partial charge in [-0.2, -0.15) is 4.39 Å². The maximum atomic E-state index is 14.8. The molecule has 0 saturated heterocycles. The van der Waals surface area contributed by atoms with Crippen molar-refractivity contribution in [2.75, 3.05) is 6.61 Å². The quantitative estimate of drug-likeness (QED) is 0.420. The van der Waals surface area contributed by atoms with E-state index >= 15 is 0 Å². The summed E-state index contributed by atoms with van der Waals surface area (Å²) in [6, 6.07) is 7.52. The lowest BCUT2D eigenvalue weighted by molar-refractivity contribution is 0.158. The smallest absolute Gasteiger partial charge is 0.201 e. The zero-order valence-corrected chi connectivity index (χ0v) is 19.0. The highest BCUT2D eigenvalue weighted by Gasteiger charge is 2.31. The lowest BCUT2D eigenvalue weighted by Gasteiger charge is -2.38. The lowest BCUT2D eigenvalue weighted by atomic mass is 9.68. The predicted octanol–water partition coefficient (Wildman–Crippen LogP) is 8.56. The van der Waals surface area contributed by atoms with Gasteiger partial charge in [-0.05, 0) is 92.2 Å². The topological polar surface area (TPSA) is 9.23 Å². The molecule has 0 aromatic heterocycles. The molecule has 0 heterocycles. The molecule has 168 valence electrons. The van der Waals surface area contributed by atoms with E-state index in [-0.39, 0.29) is 12.4 Å². The standard InChI is InChI=1S/C28H36F2O/c1-3-5-16-31-26-18-24-15-14-23(17-25(24)27(29)28(26)30)22-12-10-21(11-13-22)20-8-6-19(4-2)7-9-20/h3,5,14-15,17-22H,4,6-13,16H2,1-2H3. The molecular formula is C28H36F2O. The number of hydrogen-bond acceptors (Lipinski definition) is 1. The number of benzene rings is 2. The molecule has 2 fully saturated rings. The van der Waals surface area contributed by atoms with Gasteiger partial charge in [0.2, 0.25) is 5.82 Å². The van der Waals surface area contributed by atoms with Gasteiger partial charge in [0.25, 0.3) is 0 Å². The molecule has 4 rings (SSSR count). The summed E-state index contributed by atoms with van der Waals surface area (Å²) < 4.78 is 34.7. The van der Waals surface area contributed by atoms with Crippen molar-refractivity contribution in [1.82, 2.24) is 0 Å². The van der Waals surface area contributed by atoms with Crippen LogP contribution in [0.4, 0.5) is 8.78 Å². The van der Waals surface area contributed by atoms with E-state index in [0.717, 1.165) is 23.3 Å². The second-order valence-electron chi connectivity index (χ2n) is 9.66. The molecule has 2 aromatic carbocycles. The minimum absolute atomic E-state index is 0.0193. The zero-order valence-electron chi connectivity index (χ0n) is 19.0. The molecule has 0 unspecified atom stereocenters. The van der Waals surface area contributed by atoms with Crippen molar-refractivity contribution in [1.29, 1.82) is 0 Å². The van der Waals surface area contributed by atoms with Gasteiger partial charge in [0, 0.05) is 5.39 Å². The molecule has 0 aliphatic heterocycles. The molecule has 3 heteroatoms. The van der Waals surface area contributed by atoms with Gasteiger partial charge < -0.3 is 4.74 Å². The summed E-state index contributed by atoms with van der Waals surface area (Å²) >= 11 is 0. The normalized spacial score (nSPS) is 27.1. The summed E-state index contributed by atoms with van der Waals surface area (Å²) in [5.74, 6) is 1.48. The molecule has 2 aliphatic rings. The van der Waals surface area contributed by atoms with E-state index in [1.165, 1.54) is 57.8 Å². The minimum Gasteiger partial charge on any atom is -0.486 e. The van der Waals surface area contributed by atoms with Crippen molar-refractivity contribution in [2.45, 2.75) is 77.6 Å². The Balaban J connectivity index is 1.43. The van der Waals surface area contributed by atoms with Gasteiger partial charge in [-0.3, -0.25) is 0 Å². The fourth-order valence-electron chi connectivity index (χ4n) is 5.91. The Bertz CT molecular complexity index is 903. The number of ether oxygens (including phenoxy) is 1. The summed E-state index contributed by atoms with van der Waals surface area (Å²) in [4.78, 5) is 0. The van der Waals surface area contributed by atoms with E-state index in [0.29, 0.717) is 16.7 Å². The third-order valence-electron chi connectivity index (χ3n) is 7.96. The highest BCUT2D eigenvalue weighted by atomic mass is 19.2. The Morgan fingerprint density at radius 2 is 1.58 bits per heavy atom. The molecule has 2 saturated carbocycles. The first kappa shape index (κ1) is 22.3. The van der Waals surface area contributed by atoms with E-state index in [1.54, 1.807) is 12.1 Å². The van der Waals surface area contributed by atoms with Gasteiger partial charge in [-0.15, -0.1) is 0 Å². The third kappa shape index (κ3) is 4.96. The van der Waals surface area contributed by atoms with Gasteiger partial charge in [-0.25, -0.2) is 4.39 Å². The first-order valence-corrected chi connectivity index (χ1v) is 12.3. The van der Waals surface area contributed by atoms with Gasteiger partial charge >= 0.3 is 0 Å². The Kier molecular flexibility index (Phi) is 7.30. The van der Waals surface area contributed by atoms with Gasteiger partial charge in [-0.1, -0.05) is 50.5 Å². The van der Waals surface area contributed by atoms with Crippen LogP contribution in [-0.2, 0) is 0 Å². The van der Waals surface area contributed by atoms with E-state index in [1.807, 2.05) is 25.1 Å². The van der Waals surface area contributed by atoms with Crippen LogP contribution in [0.3, 0.4) is 0 Å². The fraction of sp³-hybridized carbons (Fsp3) is 0.571. The van der Waals surface area contributed by atoms with Crippen LogP contribution in [0.5, 0.6) is 5.75 Å². The first-order valence-electron chi connectivity index (χ1n) is 12.3. The number of allylic oxidation sites excluding steroid dienone is 1. The monoisotopic (exact) mass is 426 g/mol. The number of halogens is 2. The van der Waals surface area contributed by atoms with Crippen LogP contribution < -0.4 is 4.74 Å². The average molecular weight is 427 g/mol. The predicted molar refractivity (Wildman–Crippen MR) is 125 cm³/mol. The van der Waals surface area contributed by atoms with Crippen LogP contribution in [0.1, 0.15) is 83.1 Å². The molecule has 31 heavy (non-hydrogen) atoms. The highest BCUT2D eigenvalue weighted by Crippen LogP contribution is 2.44. The van der Waals surface area contributed by atoms with Crippen molar-refractivity contribution >= 4 is 10.8 Å². The maximum absolute atomic E-state index is 14.8. The molecule has 0 N–H and O–H groups in total. The third-order valence-corrected chi connectivity index (χ3v) is 7.96. The summed E-state index contributed by atoms with van der Waals surface area (Å²) in [5, 5.41) is 1.06. The van der Waals surface area contributed by atoms with Crippen LogP contribution in [0.25, 0.3) is 10.8 Å². The number of rotatable bonds is 6. The number of hydrogen-bond donors (Lipinski definition) is 0. The Hall–Kier alpha value is -1.90. The van der Waals surface area contributed by atoms with E-state index < -0.39 is 11.6 Å². The van der Waals surface area contributed by atoms with Crippen molar-refractivity contribution < 1.29 is 13.5 Å². The van der Waals surface area contributed by atoms with Gasteiger partial charge in [0.1, 0.15) is 6.61 Å². The Morgan fingerprint density at radius 3 is 2.23 bits per heavy atom. The van der Waals surface area contributed by atoms with Crippen molar-refractivity contribution in [3.05, 3.63) is 53.6 Å². The lowest BCUT2D eigenvalue weighted by Crippen LogP contribution is -2.25. The molecular weight excluding hydrogens is 390 g/mol. The molecule has 0 spiro atoms. The van der Waals surface area contributed by atoms with Crippen molar-refractivity contribution in [3.63, 3.8) is 0 Å². The summed E-state index contributed by atoms with van der Waals surface area (Å²) in [6.45, 7) is 4.43. The molecule has 0 bridgehead atoms. The van der Waals surface area contributed by atoms with E-state index in [4.69, 9.17) is 4.74 Å². The first-order chi connectivity index (χ1) is 15.1. The van der Waals surface area contributed by atoms with Crippen LogP contribution in [0, 0.1) is 29.4 Å². The molecule has 1 nitrogen and oxygen atoms in total.